The molecule has 1 aromatic carbocycles. The molecule has 0 aliphatic heterocycles. The number of hydrogen-bond acceptors (Lipinski definition) is 5. The Balaban J connectivity index is 2.92. The molecular formula is C16H19NO5. The molecule has 0 bridgehead atoms. The Morgan fingerprint density at radius 1 is 1.14 bits per heavy atom. The number of pyridine rings is 1. The van der Waals surface area contributed by atoms with E-state index < -0.39 is 11.4 Å². The number of ether oxygens (including phenoxy) is 3. The summed E-state index contributed by atoms with van der Waals surface area (Å²) in [5, 5.41) is 0.314. The second kappa shape index (κ2) is 6.51. The van der Waals surface area contributed by atoms with Gasteiger partial charge in [0.15, 0.2) is 0 Å². The molecule has 0 amide bonds. The molecule has 0 radical (unpaired) electrons. The minimum absolute atomic E-state index is 0.0113. The standard InChI is InChI=1S/C16H19NO5/c1-5-17-9-10(16(19)22-6-2)15(18)13-11(20-3)7-8-12(21-4)14(13)17/h7-9H,5-6H2,1-4H3. The molecule has 0 saturated heterocycles. The molecule has 0 N–H and O–H groups in total. The van der Waals surface area contributed by atoms with Gasteiger partial charge in [-0.05, 0) is 26.0 Å². The molecule has 2 aromatic rings. The van der Waals surface area contributed by atoms with Crippen LogP contribution in [-0.2, 0) is 11.3 Å². The summed E-state index contributed by atoms with van der Waals surface area (Å²) in [7, 11) is 3.01. The van der Waals surface area contributed by atoms with Crippen molar-refractivity contribution in [3.05, 3.63) is 34.1 Å². The zero-order valence-electron chi connectivity index (χ0n) is 13.1. The van der Waals surface area contributed by atoms with Gasteiger partial charge >= 0.3 is 5.97 Å². The maximum atomic E-state index is 12.7. The van der Waals surface area contributed by atoms with Crippen LogP contribution in [0.15, 0.2) is 23.1 Å². The predicted octanol–water partition coefficient (Wildman–Crippen LogP) is 2.22. The Hall–Kier alpha value is -2.50. The van der Waals surface area contributed by atoms with Gasteiger partial charge in [-0.3, -0.25) is 4.79 Å². The molecule has 0 unspecified atom stereocenters. The second-order valence-electron chi connectivity index (χ2n) is 4.57. The SMILES string of the molecule is CCOC(=O)c1cn(CC)c2c(OC)ccc(OC)c2c1=O. The van der Waals surface area contributed by atoms with Crippen molar-refractivity contribution >= 4 is 16.9 Å². The van der Waals surface area contributed by atoms with Crippen molar-refractivity contribution in [3.8, 4) is 11.5 Å². The van der Waals surface area contributed by atoms with Gasteiger partial charge in [0.25, 0.3) is 0 Å². The molecule has 6 heteroatoms. The summed E-state index contributed by atoms with van der Waals surface area (Å²) in [6.07, 6.45) is 1.50. The molecule has 1 heterocycles. The fourth-order valence-electron chi connectivity index (χ4n) is 2.41. The monoisotopic (exact) mass is 305 g/mol. The van der Waals surface area contributed by atoms with Crippen LogP contribution in [0.25, 0.3) is 10.9 Å². The third-order valence-corrected chi connectivity index (χ3v) is 3.42. The summed E-state index contributed by atoms with van der Waals surface area (Å²) >= 11 is 0. The lowest BCUT2D eigenvalue weighted by Gasteiger charge is -2.16. The van der Waals surface area contributed by atoms with Crippen LogP contribution in [-0.4, -0.2) is 31.4 Å². The van der Waals surface area contributed by atoms with Gasteiger partial charge in [0.05, 0.1) is 31.7 Å². The van der Waals surface area contributed by atoms with Gasteiger partial charge in [-0.1, -0.05) is 0 Å². The highest BCUT2D eigenvalue weighted by Gasteiger charge is 2.21. The van der Waals surface area contributed by atoms with Crippen LogP contribution < -0.4 is 14.9 Å². The summed E-state index contributed by atoms with van der Waals surface area (Å²) < 4.78 is 17.4. The van der Waals surface area contributed by atoms with Gasteiger partial charge in [0.1, 0.15) is 17.1 Å². The Labute approximate surface area is 128 Å². The summed E-state index contributed by atoms with van der Waals surface area (Å²) in [5.41, 5.74) is 0.166. The van der Waals surface area contributed by atoms with Crippen LogP contribution in [0.4, 0.5) is 0 Å². The number of rotatable bonds is 5. The molecule has 1 aromatic heterocycles. The average Bonchev–Trinajstić information content (AvgIpc) is 2.54. The number of aromatic nitrogens is 1. The molecule has 0 aliphatic carbocycles. The van der Waals surface area contributed by atoms with E-state index in [-0.39, 0.29) is 12.2 Å². The van der Waals surface area contributed by atoms with Crippen LogP contribution in [0.3, 0.4) is 0 Å². The fraction of sp³-hybridized carbons (Fsp3) is 0.375. The highest BCUT2D eigenvalue weighted by atomic mass is 16.5. The lowest BCUT2D eigenvalue weighted by atomic mass is 10.1. The van der Waals surface area contributed by atoms with Crippen LogP contribution in [0.1, 0.15) is 24.2 Å². The number of carbonyl (C=O) groups is 1. The molecule has 0 spiro atoms. The zero-order valence-corrected chi connectivity index (χ0v) is 13.1. The number of carbonyl (C=O) groups excluding carboxylic acids is 1. The van der Waals surface area contributed by atoms with Crippen molar-refractivity contribution in [3.63, 3.8) is 0 Å². The maximum Gasteiger partial charge on any atom is 0.343 e. The Morgan fingerprint density at radius 2 is 1.77 bits per heavy atom. The third kappa shape index (κ3) is 2.52. The summed E-state index contributed by atoms with van der Waals surface area (Å²) in [4.78, 5) is 24.7. The number of esters is 1. The first-order chi connectivity index (χ1) is 10.6. The summed E-state index contributed by atoms with van der Waals surface area (Å²) in [6, 6.07) is 3.38. The topological polar surface area (TPSA) is 66.8 Å². The highest BCUT2D eigenvalue weighted by molar-refractivity contribution is 5.97. The normalized spacial score (nSPS) is 10.5. The van der Waals surface area contributed by atoms with Crippen molar-refractivity contribution in [2.75, 3.05) is 20.8 Å². The number of methoxy groups -OCH3 is 2. The first kappa shape index (κ1) is 15.9. The highest BCUT2D eigenvalue weighted by Crippen LogP contribution is 2.31. The van der Waals surface area contributed by atoms with E-state index in [1.54, 1.807) is 23.6 Å². The number of hydrogen-bond donors (Lipinski definition) is 0. The second-order valence-corrected chi connectivity index (χ2v) is 4.57. The first-order valence-electron chi connectivity index (χ1n) is 7.04. The van der Waals surface area contributed by atoms with Crippen LogP contribution in [0.2, 0.25) is 0 Å². The third-order valence-electron chi connectivity index (χ3n) is 3.42. The van der Waals surface area contributed by atoms with Gasteiger partial charge < -0.3 is 18.8 Å². The van der Waals surface area contributed by atoms with Crippen molar-refractivity contribution in [2.45, 2.75) is 20.4 Å². The Morgan fingerprint density at radius 3 is 2.32 bits per heavy atom. The Kier molecular flexibility index (Phi) is 4.70. The Bertz CT molecular complexity index is 763. The van der Waals surface area contributed by atoms with E-state index in [4.69, 9.17) is 14.2 Å². The largest absolute Gasteiger partial charge is 0.496 e. The molecular weight excluding hydrogens is 286 g/mol. The molecule has 0 saturated carbocycles. The maximum absolute atomic E-state index is 12.7. The number of fused-ring (bicyclic) bond motifs is 1. The predicted molar refractivity (Wildman–Crippen MR) is 82.9 cm³/mol. The van der Waals surface area contributed by atoms with E-state index >= 15 is 0 Å². The first-order valence-corrected chi connectivity index (χ1v) is 7.04. The minimum atomic E-state index is -0.638. The van der Waals surface area contributed by atoms with Crippen molar-refractivity contribution in [1.29, 1.82) is 0 Å². The fourth-order valence-corrected chi connectivity index (χ4v) is 2.41. The van der Waals surface area contributed by atoms with E-state index in [2.05, 4.69) is 0 Å². The number of aryl methyl sites for hydroxylation is 1. The van der Waals surface area contributed by atoms with Crippen LogP contribution in [0, 0.1) is 0 Å². The molecule has 0 fully saturated rings. The molecule has 118 valence electrons. The van der Waals surface area contributed by atoms with Gasteiger partial charge in [-0.15, -0.1) is 0 Å². The molecule has 0 atom stereocenters. The molecule has 22 heavy (non-hydrogen) atoms. The van der Waals surface area contributed by atoms with E-state index in [0.29, 0.717) is 28.9 Å². The van der Waals surface area contributed by atoms with Gasteiger partial charge in [-0.25, -0.2) is 4.79 Å². The smallest absolute Gasteiger partial charge is 0.343 e. The quantitative estimate of drug-likeness (QED) is 0.792. The number of nitrogens with zero attached hydrogens (tertiary/aromatic N) is 1. The molecule has 0 aliphatic rings. The van der Waals surface area contributed by atoms with E-state index in [1.165, 1.54) is 20.4 Å². The van der Waals surface area contributed by atoms with Crippen molar-refractivity contribution in [2.24, 2.45) is 0 Å². The van der Waals surface area contributed by atoms with E-state index in [1.807, 2.05) is 6.92 Å². The van der Waals surface area contributed by atoms with Gasteiger partial charge in [0, 0.05) is 12.7 Å². The van der Waals surface area contributed by atoms with Gasteiger partial charge in [-0.2, -0.15) is 0 Å². The van der Waals surface area contributed by atoms with Crippen molar-refractivity contribution < 1.29 is 19.0 Å². The molecule has 2 rings (SSSR count). The van der Waals surface area contributed by atoms with Crippen molar-refractivity contribution in [1.82, 2.24) is 4.57 Å². The lowest BCUT2D eigenvalue weighted by molar-refractivity contribution is 0.0524. The zero-order chi connectivity index (χ0) is 16.3. The van der Waals surface area contributed by atoms with E-state index in [0.717, 1.165) is 0 Å². The minimum Gasteiger partial charge on any atom is -0.496 e. The van der Waals surface area contributed by atoms with Gasteiger partial charge in [0.2, 0.25) is 5.43 Å². The van der Waals surface area contributed by atoms with E-state index in [9.17, 15) is 9.59 Å². The molecule has 6 nitrogen and oxygen atoms in total. The van der Waals surface area contributed by atoms with Crippen LogP contribution >= 0.6 is 0 Å². The van der Waals surface area contributed by atoms with Crippen LogP contribution in [0.5, 0.6) is 11.5 Å². The lowest BCUT2D eigenvalue weighted by Crippen LogP contribution is -2.21. The summed E-state index contributed by atoms with van der Waals surface area (Å²) in [6.45, 7) is 4.38. The summed E-state index contributed by atoms with van der Waals surface area (Å²) in [5.74, 6) is 0.306. The number of benzene rings is 1. The average molecular weight is 305 g/mol.